The van der Waals surface area contributed by atoms with Gasteiger partial charge in [-0.15, -0.1) is 22.7 Å². The van der Waals surface area contributed by atoms with Crippen molar-refractivity contribution in [1.29, 1.82) is 0 Å². The third-order valence-electron chi connectivity index (χ3n) is 4.93. The predicted molar refractivity (Wildman–Crippen MR) is 120 cm³/mol. The van der Waals surface area contributed by atoms with Crippen LogP contribution in [0.4, 0.5) is 0 Å². The van der Waals surface area contributed by atoms with Crippen molar-refractivity contribution in [1.82, 2.24) is 15.0 Å². The highest BCUT2D eigenvalue weighted by Gasteiger charge is 2.33. The molecule has 4 nitrogen and oxygen atoms in total. The highest BCUT2D eigenvalue weighted by atomic mass is 32.1. The fourth-order valence-corrected chi connectivity index (χ4v) is 6.24. The van der Waals surface area contributed by atoms with Crippen molar-refractivity contribution >= 4 is 73.3 Å². The third kappa shape index (κ3) is 2.08. The van der Waals surface area contributed by atoms with Crippen LogP contribution in [0, 0.1) is 9.41 Å². The average molecular weight is 436 g/mol. The van der Waals surface area contributed by atoms with Gasteiger partial charge in [0.15, 0.2) is 10.6 Å². The second-order valence-corrected chi connectivity index (χ2v) is 9.22. The number of thiophene rings is 2. The zero-order valence-corrected chi connectivity index (χ0v) is 17.3. The lowest BCUT2D eigenvalue weighted by molar-refractivity contribution is 0.104. The molecule has 0 unspecified atom stereocenters. The Bertz CT molecular complexity index is 1570. The fraction of sp³-hybridized carbons (Fsp3) is 0. The Morgan fingerprint density at radius 2 is 1.79 bits per heavy atom. The monoisotopic (exact) mass is 435 g/mol. The van der Waals surface area contributed by atoms with Gasteiger partial charge in [-0.2, -0.15) is 0 Å². The molecule has 0 fully saturated rings. The average Bonchev–Trinajstić information content (AvgIpc) is 3.39. The number of fused-ring (bicyclic) bond motifs is 6. The molecule has 6 rings (SSSR count). The summed E-state index contributed by atoms with van der Waals surface area (Å²) in [6, 6.07) is 11.7. The van der Waals surface area contributed by atoms with Crippen LogP contribution in [0.5, 0.6) is 0 Å². The molecule has 4 heterocycles. The van der Waals surface area contributed by atoms with E-state index in [1.54, 1.807) is 11.3 Å². The molecule has 0 radical (unpaired) electrons. The largest absolute Gasteiger partial charge is 0.331 e. The van der Waals surface area contributed by atoms with Crippen LogP contribution in [-0.2, 0) is 0 Å². The highest BCUT2D eigenvalue weighted by Crippen LogP contribution is 2.48. The minimum Gasteiger partial charge on any atom is -0.331 e. The summed E-state index contributed by atoms with van der Waals surface area (Å²) in [6.45, 7) is 0. The summed E-state index contributed by atoms with van der Waals surface area (Å²) in [7, 11) is 0. The molecule has 1 aromatic carbocycles. The number of carbonyl (C=O) groups is 1. The number of carbonyl (C=O) groups excluding carboxylic acids is 1. The smallest absolute Gasteiger partial charge is 0.196 e. The molecule has 8 heteroatoms. The van der Waals surface area contributed by atoms with Crippen molar-refractivity contribution < 1.29 is 4.79 Å². The van der Waals surface area contributed by atoms with Crippen LogP contribution in [0.2, 0.25) is 0 Å². The Morgan fingerprint density at radius 3 is 2.57 bits per heavy atom. The molecule has 1 aliphatic carbocycles. The van der Waals surface area contributed by atoms with Crippen LogP contribution in [0.3, 0.4) is 0 Å². The number of nitrogens with zero attached hydrogens (tertiary/aromatic N) is 1. The van der Waals surface area contributed by atoms with Crippen LogP contribution in [0.1, 0.15) is 15.9 Å². The van der Waals surface area contributed by atoms with E-state index in [-0.39, 0.29) is 5.78 Å². The van der Waals surface area contributed by atoms with Crippen LogP contribution >= 0.6 is 47.1 Å². The second kappa shape index (κ2) is 5.74. The van der Waals surface area contributed by atoms with E-state index in [9.17, 15) is 4.79 Å². The van der Waals surface area contributed by atoms with E-state index in [2.05, 4.69) is 9.97 Å². The standard InChI is InChI=1S/C20H9N3OS4/c24-16-9-5-2-1-4-8(9)14-12(16)11(10-6-3-7-27-10)13-15-17(28-19(13)21-14)18(25)23-20(26)22-15/h1-7H,(H2,22,23,25,26). The van der Waals surface area contributed by atoms with Crippen LogP contribution in [0.15, 0.2) is 41.8 Å². The number of aromatic nitrogens is 3. The van der Waals surface area contributed by atoms with E-state index < -0.39 is 0 Å². The van der Waals surface area contributed by atoms with Gasteiger partial charge in [0.1, 0.15) is 9.47 Å². The molecule has 2 N–H and O–H groups in total. The minimum absolute atomic E-state index is 0.0161. The van der Waals surface area contributed by atoms with Crippen molar-refractivity contribution in [2.45, 2.75) is 0 Å². The Kier molecular flexibility index (Phi) is 3.37. The number of rotatable bonds is 1. The molecule has 4 aromatic heterocycles. The summed E-state index contributed by atoms with van der Waals surface area (Å²) < 4.78 is 1.95. The Hall–Kier alpha value is -2.52. The molecule has 0 aliphatic heterocycles. The van der Waals surface area contributed by atoms with Crippen molar-refractivity contribution in [3.63, 3.8) is 0 Å². The van der Waals surface area contributed by atoms with Crippen molar-refractivity contribution in [2.24, 2.45) is 0 Å². The number of hydrogen-bond donors (Lipinski definition) is 2. The van der Waals surface area contributed by atoms with E-state index in [0.717, 1.165) is 42.1 Å². The van der Waals surface area contributed by atoms with Crippen molar-refractivity contribution in [3.05, 3.63) is 62.3 Å². The Balaban J connectivity index is 1.90. The van der Waals surface area contributed by atoms with E-state index in [4.69, 9.17) is 29.4 Å². The molecule has 134 valence electrons. The van der Waals surface area contributed by atoms with Crippen LogP contribution < -0.4 is 0 Å². The maximum absolute atomic E-state index is 13.4. The van der Waals surface area contributed by atoms with Gasteiger partial charge < -0.3 is 9.97 Å². The summed E-state index contributed by atoms with van der Waals surface area (Å²) in [4.78, 5) is 26.4. The molecule has 0 spiro atoms. The number of pyridine rings is 1. The summed E-state index contributed by atoms with van der Waals surface area (Å²) >= 11 is 13.9. The number of nitrogens with one attached hydrogen (secondary N) is 2. The topological polar surface area (TPSA) is 61.5 Å². The zero-order valence-electron chi connectivity index (χ0n) is 14.0. The number of ketones is 1. The Morgan fingerprint density at radius 1 is 0.964 bits per heavy atom. The lowest BCUT2D eigenvalue weighted by Gasteiger charge is -2.08. The molecule has 0 amide bonds. The summed E-state index contributed by atoms with van der Waals surface area (Å²) in [5, 5.41) is 2.93. The van der Waals surface area contributed by atoms with Gasteiger partial charge in [-0.05, 0) is 23.7 Å². The number of benzene rings is 1. The molecule has 0 atom stereocenters. The van der Waals surface area contributed by atoms with Crippen molar-refractivity contribution in [2.75, 3.05) is 0 Å². The first-order valence-electron chi connectivity index (χ1n) is 8.44. The van der Waals surface area contributed by atoms with E-state index in [1.165, 1.54) is 11.3 Å². The number of hydrogen-bond acceptors (Lipinski definition) is 6. The second-order valence-electron chi connectivity index (χ2n) is 6.46. The van der Waals surface area contributed by atoms with E-state index in [1.807, 2.05) is 41.8 Å². The first-order chi connectivity index (χ1) is 13.6. The molecule has 0 saturated heterocycles. The van der Waals surface area contributed by atoms with Gasteiger partial charge in [0.05, 0.1) is 21.5 Å². The van der Waals surface area contributed by atoms with Gasteiger partial charge >= 0.3 is 0 Å². The van der Waals surface area contributed by atoms with Gasteiger partial charge in [0, 0.05) is 27.0 Å². The lowest BCUT2D eigenvalue weighted by atomic mass is 10.00. The normalized spacial score (nSPS) is 12.6. The zero-order chi connectivity index (χ0) is 19.0. The minimum atomic E-state index is 0.0161. The number of H-pyrrole nitrogens is 2. The van der Waals surface area contributed by atoms with Crippen LogP contribution in [0.25, 0.3) is 42.1 Å². The SMILES string of the molecule is O=C1c2ccccc2-c2nc3sc4c(=S)[nH]c(=S)[nH]c4c3c(-c3cccs3)c21. The van der Waals surface area contributed by atoms with E-state index in [0.29, 0.717) is 20.5 Å². The summed E-state index contributed by atoms with van der Waals surface area (Å²) in [5.74, 6) is 0.0161. The molecule has 1 aliphatic rings. The van der Waals surface area contributed by atoms with Crippen molar-refractivity contribution in [3.8, 4) is 21.7 Å². The van der Waals surface area contributed by atoms with Crippen LogP contribution in [-0.4, -0.2) is 20.7 Å². The third-order valence-corrected chi connectivity index (χ3v) is 7.56. The highest BCUT2D eigenvalue weighted by molar-refractivity contribution is 7.72. The van der Waals surface area contributed by atoms with Gasteiger partial charge in [0.2, 0.25) is 0 Å². The maximum atomic E-state index is 13.4. The quantitative estimate of drug-likeness (QED) is 0.289. The van der Waals surface area contributed by atoms with Gasteiger partial charge in [-0.25, -0.2) is 4.98 Å². The molecule has 0 bridgehead atoms. The van der Waals surface area contributed by atoms with Gasteiger partial charge in [0.25, 0.3) is 0 Å². The lowest BCUT2D eigenvalue weighted by Crippen LogP contribution is -1.99. The van der Waals surface area contributed by atoms with Gasteiger partial charge in [-0.1, -0.05) is 42.5 Å². The first-order valence-corrected chi connectivity index (χ1v) is 11.0. The molecule has 5 aromatic rings. The summed E-state index contributed by atoms with van der Waals surface area (Å²) in [6.07, 6.45) is 0. The Labute approximate surface area is 176 Å². The molecule has 28 heavy (non-hydrogen) atoms. The fourth-order valence-electron chi connectivity index (χ4n) is 3.82. The molecule has 0 saturated carbocycles. The number of aromatic amines is 2. The predicted octanol–water partition coefficient (Wildman–Crippen LogP) is 6.50. The maximum Gasteiger partial charge on any atom is 0.196 e. The molecular formula is C20H9N3OS4. The summed E-state index contributed by atoms with van der Waals surface area (Å²) in [5.41, 5.74) is 4.75. The molecular weight excluding hydrogens is 427 g/mol. The van der Waals surface area contributed by atoms with E-state index >= 15 is 0 Å². The van der Waals surface area contributed by atoms with Gasteiger partial charge in [-0.3, -0.25) is 4.79 Å². The first kappa shape index (κ1) is 16.4.